The maximum absolute atomic E-state index is 6.27. The molecule has 21 heavy (non-hydrogen) atoms. The van der Waals surface area contributed by atoms with Crippen LogP contribution in [0, 0.1) is 0 Å². The molecule has 0 saturated heterocycles. The van der Waals surface area contributed by atoms with Gasteiger partial charge in [-0.05, 0) is 29.7 Å². The first-order valence-corrected chi connectivity index (χ1v) is 7.22. The molecule has 0 spiro atoms. The highest BCUT2D eigenvalue weighted by Crippen LogP contribution is 2.30. The molecule has 0 amide bonds. The summed E-state index contributed by atoms with van der Waals surface area (Å²) in [5.41, 5.74) is 13.5. The minimum absolute atomic E-state index is 0.139. The topological polar surface area (TPSA) is 93.9 Å². The van der Waals surface area contributed by atoms with Crippen LogP contribution in [0.1, 0.15) is 17.0 Å². The zero-order valence-electron chi connectivity index (χ0n) is 11.2. The highest BCUT2D eigenvalue weighted by Gasteiger charge is 2.20. The first-order valence-electron chi connectivity index (χ1n) is 6.46. The van der Waals surface area contributed by atoms with E-state index in [2.05, 4.69) is 19.9 Å². The van der Waals surface area contributed by atoms with Crippen LogP contribution in [0.3, 0.4) is 0 Å². The lowest BCUT2D eigenvalue weighted by Gasteiger charge is -2.29. The highest BCUT2D eigenvalue weighted by atomic mass is 35.5. The summed E-state index contributed by atoms with van der Waals surface area (Å²) in [6, 6.07) is 3.74. The van der Waals surface area contributed by atoms with Crippen LogP contribution in [-0.4, -0.2) is 26.4 Å². The molecule has 3 rings (SSSR count). The molecule has 0 saturated carbocycles. The number of hydrogen-bond acceptors (Lipinski definition) is 6. The number of nitrogen functional groups attached to an aromatic ring is 2. The molecule has 1 aliphatic rings. The minimum Gasteiger partial charge on any atom is -0.368 e. The maximum Gasteiger partial charge on any atom is 0.225 e. The summed E-state index contributed by atoms with van der Waals surface area (Å²) in [6.45, 7) is 2.14. The van der Waals surface area contributed by atoms with E-state index in [1.54, 1.807) is 6.07 Å². The predicted octanol–water partition coefficient (Wildman–Crippen LogP) is 1.90. The van der Waals surface area contributed by atoms with Crippen molar-refractivity contribution >= 4 is 35.1 Å². The van der Waals surface area contributed by atoms with Crippen LogP contribution < -0.4 is 11.5 Å². The van der Waals surface area contributed by atoms with Gasteiger partial charge in [-0.3, -0.25) is 4.90 Å². The van der Waals surface area contributed by atoms with E-state index < -0.39 is 0 Å². The van der Waals surface area contributed by atoms with E-state index in [9.17, 15) is 0 Å². The van der Waals surface area contributed by atoms with Crippen molar-refractivity contribution in [3.63, 3.8) is 0 Å². The van der Waals surface area contributed by atoms with Crippen LogP contribution in [0.5, 0.6) is 0 Å². The number of anilines is 2. The number of hydrogen-bond donors (Lipinski definition) is 2. The molecule has 0 aliphatic carbocycles. The summed E-state index contributed by atoms with van der Waals surface area (Å²) in [5, 5.41) is 1.36. The lowest BCUT2D eigenvalue weighted by Crippen LogP contribution is -2.31. The number of aromatic nitrogens is 3. The Morgan fingerprint density at radius 1 is 1.10 bits per heavy atom. The first kappa shape index (κ1) is 14.3. The third-order valence-electron chi connectivity index (χ3n) is 3.41. The fourth-order valence-corrected chi connectivity index (χ4v) is 3.10. The average Bonchev–Trinajstić information content (AvgIpc) is 2.38. The van der Waals surface area contributed by atoms with E-state index in [0.29, 0.717) is 22.4 Å². The standard InChI is InChI=1S/C13H14Cl2N6/c14-8-3-7-1-2-21(5-9(7)10(15)4-8)6-11-18-12(16)20-13(17)19-11/h3-4H,1-2,5-6H2,(H4,16,17,18,19,20). The summed E-state index contributed by atoms with van der Waals surface area (Å²) in [6.07, 6.45) is 0.881. The number of fused-ring (bicyclic) bond motifs is 1. The molecule has 1 aromatic carbocycles. The summed E-state index contributed by atoms with van der Waals surface area (Å²) in [7, 11) is 0. The van der Waals surface area contributed by atoms with Crippen LogP contribution in [0.4, 0.5) is 11.9 Å². The summed E-state index contributed by atoms with van der Waals surface area (Å²) in [5.74, 6) is 0.841. The monoisotopic (exact) mass is 324 g/mol. The van der Waals surface area contributed by atoms with E-state index in [-0.39, 0.29) is 11.9 Å². The lowest BCUT2D eigenvalue weighted by molar-refractivity contribution is 0.239. The molecular weight excluding hydrogens is 311 g/mol. The van der Waals surface area contributed by atoms with Crippen molar-refractivity contribution in [3.05, 3.63) is 39.1 Å². The van der Waals surface area contributed by atoms with E-state index in [1.165, 1.54) is 5.56 Å². The average molecular weight is 325 g/mol. The lowest BCUT2D eigenvalue weighted by atomic mass is 10.00. The summed E-state index contributed by atoms with van der Waals surface area (Å²) >= 11 is 12.3. The molecule has 2 heterocycles. The second-order valence-electron chi connectivity index (χ2n) is 4.95. The number of halogens is 2. The Bertz CT molecular complexity index is 670. The summed E-state index contributed by atoms with van der Waals surface area (Å²) in [4.78, 5) is 14.2. The molecule has 1 aromatic heterocycles. The van der Waals surface area contributed by atoms with Gasteiger partial charge in [-0.25, -0.2) is 0 Å². The Labute approximate surface area is 132 Å². The second kappa shape index (κ2) is 5.63. The van der Waals surface area contributed by atoms with E-state index >= 15 is 0 Å². The van der Waals surface area contributed by atoms with Gasteiger partial charge in [0.25, 0.3) is 0 Å². The number of nitrogens with two attached hydrogens (primary N) is 2. The fraction of sp³-hybridized carbons (Fsp3) is 0.308. The Balaban J connectivity index is 1.80. The van der Waals surface area contributed by atoms with Gasteiger partial charge < -0.3 is 11.5 Å². The fourth-order valence-electron chi connectivity index (χ4n) is 2.50. The van der Waals surface area contributed by atoms with Crippen molar-refractivity contribution in [2.75, 3.05) is 18.0 Å². The molecule has 6 nitrogen and oxygen atoms in total. The number of rotatable bonds is 2. The first-order chi connectivity index (χ1) is 10.0. The Morgan fingerprint density at radius 3 is 2.52 bits per heavy atom. The molecular formula is C13H14Cl2N6. The molecule has 4 N–H and O–H groups in total. The van der Waals surface area contributed by atoms with Gasteiger partial charge >= 0.3 is 0 Å². The quantitative estimate of drug-likeness (QED) is 0.876. The van der Waals surface area contributed by atoms with Gasteiger partial charge in [0.2, 0.25) is 11.9 Å². The Kier molecular flexibility index (Phi) is 3.84. The molecule has 0 atom stereocenters. The van der Waals surface area contributed by atoms with Crippen LogP contribution >= 0.6 is 23.2 Å². The highest BCUT2D eigenvalue weighted by molar-refractivity contribution is 6.35. The number of nitrogens with zero attached hydrogens (tertiary/aromatic N) is 4. The zero-order chi connectivity index (χ0) is 15.0. The molecule has 110 valence electrons. The molecule has 2 aromatic rings. The van der Waals surface area contributed by atoms with E-state index in [4.69, 9.17) is 34.7 Å². The van der Waals surface area contributed by atoms with Gasteiger partial charge in [-0.1, -0.05) is 23.2 Å². The van der Waals surface area contributed by atoms with Gasteiger partial charge in [-0.15, -0.1) is 0 Å². The SMILES string of the molecule is Nc1nc(N)nc(CN2CCc3cc(Cl)cc(Cl)c3C2)n1. The van der Waals surface area contributed by atoms with Crippen LogP contribution in [0.2, 0.25) is 10.0 Å². The molecule has 0 fully saturated rings. The van der Waals surface area contributed by atoms with E-state index in [1.807, 2.05) is 6.07 Å². The van der Waals surface area contributed by atoms with Gasteiger partial charge in [-0.2, -0.15) is 15.0 Å². The largest absolute Gasteiger partial charge is 0.368 e. The second-order valence-corrected chi connectivity index (χ2v) is 5.80. The molecule has 0 unspecified atom stereocenters. The van der Waals surface area contributed by atoms with Crippen molar-refractivity contribution in [1.29, 1.82) is 0 Å². The minimum atomic E-state index is 0.139. The smallest absolute Gasteiger partial charge is 0.225 e. The van der Waals surface area contributed by atoms with Crippen molar-refractivity contribution in [1.82, 2.24) is 19.9 Å². The van der Waals surface area contributed by atoms with Crippen molar-refractivity contribution in [2.45, 2.75) is 19.5 Å². The molecule has 0 radical (unpaired) electrons. The van der Waals surface area contributed by atoms with Crippen LogP contribution in [0.15, 0.2) is 12.1 Å². The van der Waals surface area contributed by atoms with Gasteiger partial charge in [0.15, 0.2) is 0 Å². The zero-order valence-corrected chi connectivity index (χ0v) is 12.7. The molecule has 8 heteroatoms. The van der Waals surface area contributed by atoms with Gasteiger partial charge in [0.05, 0.1) is 6.54 Å². The summed E-state index contributed by atoms with van der Waals surface area (Å²) < 4.78 is 0. The van der Waals surface area contributed by atoms with Crippen molar-refractivity contribution in [2.24, 2.45) is 0 Å². The van der Waals surface area contributed by atoms with Gasteiger partial charge in [0, 0.05) is 23.1 Å². The Morgan fingerprint density at radius 2 is 1.81 bits per heavy atom. The maximum atomic E-state index is 6.27. The third-order valence-corrected chi connectivity index (χ3v) is 3.97. The number of benzene rings is 1. The van der Waals surface area contributed by atoms with E-state index in [0.717, 1.165) is 25.1 Å². The van der Waals surface area contributed by atoms with Crippen LogP contribution in [0.25, 0.3) is 0 Å². The van der Waals surface area contributed by atoms with Crippen molar-refractivity contribution in [3.8, 4) is 0 Å². The predicted molar refractivity (Wildman–Crippen MR) is 82.9 cm³/mol. The van der Waals surface area contributed by atoms with Crippen LogP contribution in [-0.2, 0) is 19.5 Å². The normalized spacial score (nSPS) is 15.0. The molecule has 1 aliphatic heterocycles. The van der Waals surface area contributed by atoms with Crippen molar-refractivity contribution < 1.29 is 0 Å². The van der Waals surface area contributed by atoms with Gasteiger partial charge in [0.1, 0.15) is 5.82 Å². The Hall–Kier alpha value is -1.63. The third kappa shape index (κ3) is 3.18. The molecule has 0 bridgehead atoms.